The third-order valence-electron chi connectivity index (χ3n) is 3.77. The second-order valence-corrected chi connectivity index (χ2v) is 5.81. The van der Waals surface area contributed by atoms with E-state index in [2.05, 4.69) is 24.1 Å². The summed E-state index contributed by atoms with van der Waals surface area (Å²) in [6.07, 6.45) is -0.646. The first kappa shape index (κ1) is 18.1. The lowest BCUT2D eigenvalue weighted by Crippen LogP contribution is -2.30. The number of anilines is 2. The smallest absolute Gasteiger partial charge is 0.265 e. The summed E-state index contributed by atoms with van der Waals surface area (Å²) in [5, 5.41) is 3.34. The Morgan fingerprint density at radius 1 is 1.12 bits per heavy atom. The van der Waals surface area contributed by atoms with Gasteiger partial charge in [-0.2, -0.15) is 0 Å². The van der Waals surface area contributed by atoms with E-state index in [1.54, 1.807) is 19.1 Å². The molecule has 1 N–H and O–H groups in total. The van der Waals surface area contributed by atoms with Crippen LogP contribution >= 0.6 is 11.6 Å². The van der Waals surface area contributed by atoms with Gasteiger partial charge >= 0.3 is 0 Å². The summed E-state index contributed by atoms with van der Waals surface area (Å²) in [6, 6.07) is 14.9. The normalized spacial score (nSPS) is 11.7. The highest BCUT2D eigenvalue weighted by atomic mass is 35.5. The molecule has 128 valence electrons. The summed E-state index contributed by atoms with van der Waals surface area (Å²) in [5.41, 5.74) is 1.88. The van der Waals surface area contributed by atoms with Gasteiger partial charge in [0.2, 0.25) is 0 Å². The van der Waals surface area contributed by atoms with Crippen LogP contribution < -0.4 is 15.0 Å². The minimum atomic E-state index is -0.646. The van der Waals surface area contributed by atoms with Crippen LogP contribution in [0, 0.1) is 0 Å². The fourth-order valence-electron chi connectivity index (χ4n) is 2.37. The van der Waals surface area contributed by atoms with E-state index in [1.165, 1.54) is 0 Å². The van der Waals surface area contributed by atoms with E-state index < -0.39 is 6.10 Å². The molecule has 0 aromatic heterocycles. The molecule has 5 heteroatoms. The number of nitrogens with zero attached hydrogens (tertiary/aromatic N) is 1. The van der Waals surface area contributed by atoms with Crippen molar-refractivity contribution in [1.82, 2.24) is 0 Å². The predicted octanol–water partition coefficient (Wildman–Crippen LogP) is 4.59. The maximum atomic E-state index is 12.3. The molecule has 2 aromatic carbocycles. The highest BCUT2D eigenvalue weighted by Gasteiger charge is 2.16. The standard InChI is InChI=1S/C19H23ClN2O2/c1-4-22(5-2)16-12-10-15(11-13-16)21-19(23)14(3)24-18-9-7-6-8-17(18)20/h6-14H,4-5H2,1-3H3,(H,21,23). The summed E-state index contributed by atoms with van der Waals surface area (Å²) in [4.78, 5) is 14.5. The molecule has 0 radical (unpaired) electrons. The Labute approximate surface area is 148 Å². The van der Waals surface area contributed by atoms with Crippen molar-refractivity contribution >= 4 is 28.9 Å². The van der Waals surface area contributed by atoms with Crippen LogP contribution in [-0.4, -0.2) is 25.1 Å². The van der Waals surface area contributed by atoms with Crippen LogP contribution in [0.15, 0.2) is 48.5 Å². The molecule has 1 atom stereocenters. The van der Waals surface area contributed by atoms with Crippen LogP contribution in [-0.2, 0) is 4.79 Å². The Hall–Kier alpha value is -2.20. The van der Waals surface area contributed by atoms with Crippen LogP contribution in [0.1, 0.15) is 20.8 Å². The van der Waals surface area contributed by atoms with E-state index >= 15 is 0 Å². The van der Waals surface area contributed by atoms with Crippen molar-refractivity contribution in [3.05, 3.63) is 53.6 Å². The first-order valence-electron chi connectivity index (χ1n) is 8.12. The molecule has 2 rings (SSSR count). The molecular weight excluding hydrogens is 324 g/mol. The molecule has 0 fully saturated rings. The number of carbonyl (C=O) groups is 1. The average Bonchev–Trinajstić information content (AvgIpc) is 2.59. The SMILES string of the molecule is CCN(CC)c1ccc(NC(=O)C(C)Oc2ccccc2Cl)cc1. The van der Waals surface area contributed by atoms with Gasteiger partial charge in [-0.25, -0.2) is 0 Å². The van der Waals surface area contributed by atoms with Gasteiger partial charge in [0.05, 0.1) is 5.02 Å². The Kier molecular flexibility index (Phi) is 6.50. The van der Waals surface area contributed by atoms with Crippen molar-refractivity contribution in [2.24, 2.45) is 0 Å². The molecule has 0 saturated carbocycles. The van der Waals surface area contributed by atoms with E-state index in [0.717, 1.165) is 24.5 Å². The van der Waals surface area contributed by atoms with Gasteiger partial charge in [-0.1, -0.05) is 23.7 Å². The number of nitrogens with one attached hydrogen (secondary N) is 1. The van der Waals surface area contributed by atoms with Crippen molar-refractivity contribution in [2.45, 2.75) is 26.9 Å². The number of ether oxygens (including phenoxy) is 1. The fraction of sp³-hybridized carbons (Fsp3) is 0.316. The zero-order valence-electron chi connectivity index (χ0n) is 14.3. The molecule has 0 aliphatic rings. The quantitative estimate of drug-likeness (QED) is 0.797. The summed E-state index contributed by atoms with van der Waals surface area (Å²) in [6.45, 7) is 7.83. The maximum absolute atomic E-state index is 12.3. The number of amides is 1. The third kappa shape index (κ3) is 4.65. The Balaban J connectivity index is 1.97. The van der Waals surface area contributed by atoms with Crippen molar-refractivity contribution in [2.75, 3.05) is 23.3 Å². The zero-order chi connectivity index (χ0) is 17.5. The number of para-hydroxylation sites is 1. The summed E-state index contributed by atoms with van der Waals surface area (Å²) < 4.78 is 5.62. The van der Waals surface area contributed by atoms with E-state index in [4.69, 9.17) is 16.3 Å². The average molecular weight is 347 g/mol. The van der Waals surface area contributed by atoms with Gasteiger partial charge in [0.25, 0.3) is 5.91 Å². The van der Waals surface area contributed by atoms with Gasteiger partial charge in [-0.15, -0.1) is 0 Å². The largest absolute Gasteiger partial charge is 0.479 e. The third-order valence-corrected chi connectivity index (χ3v) is 4.09. The van der Waals surface area contributed by atoms with Crippen LogP contribution in [0.4, 0.5) is 11.4 Å². The van der Waals surface area contributed by atoms with Gasteiger partial charge in [-0.05, 0) is 57.2 Å². The van der Waals surface area contributed by atoms with Crippen molar-refractivity contribution in [1.29, 1.82) is 0 Å². The minimum Gasteiger partial charge on any atom is -0.479 e. The van der Waals surface area contributed by atoms with Crippen LogP contribution in [0.25, 0.3) is 0 Å². The highest BCUT2D eigenvalue weighted by molar-refractivity contribution is 6.32. The molecular formula is C19H23ClN2O2. The fourth-order valence-corrected chi connectivity index (χ4v) is 2.55. The number of carbonyl (C=O) groups excluding carboxylic acids is 1. The second-order valence-electron chi connectivity index (χ2n) is 5.40. The van der Waals surface area contributed by atoms with Crippen molar-refractivity contribution in [3.63, 3.8) is 0 Å². The number of benzene rings is 2. The molecule has 1 amide bonds. The van der Waals surface area contributed by atoms with Gasteiger partial charge in [0.1, 0.15) is 5.75 Å². The molecule has 0 aliphatic heterocycles. The monoisotopic (exact) mass is 346 g/mol. The van der Waals surface area contributed by atoms with Gasteiger partial charge < -0.3 is 15.0 Å². The Bertz CT molecular complexity index is 669. The van der Waals surface area contributed by atoms with Gasteiger partial charge in [-0.3, -0.25) is 4.79 Å². The van der Waals surface area contributed by atoms with Crippen LogP contribution in [0.3, 0.4) is 0 Å². The van der Waals surface area contributed by atoms with E-state index in [1.807, 2.05) is 36.4 Å². The minimum absolute atomic E-state index is 0.217. The number of hydrogen-bond donors (Lipinski definition) is 1. The number of hydrogen-bond acceptors (Lipinski definition) is 3. The maximum Gasteiger partial charge on any atom is 0.265 e. The number of halogens is 1. The highest BCUT2D eigenvalue weighted by Crippen LogP contribution is 2.24. The molecule has 1 unspecified atom stereocenters. The lowest BCUT2D eigenvalue weighted by atomic mass is 10.2. The lowest BCUT2D eigenvalue weighted by Gasteiger charge is -2.21. The van der Waals surface area contributed by atoms with Gasteiger partial charge in [0, 0.05) is 24.5 Å². The first-order chi connectivity index (χ1) is 11.5. The Morgan fingerprint density at radius 2 is 1.75 bits per heavy atom. The van der Waals surface area contributed by atoms with Gasteiger partial charge in [0.15, 0.2) is 6.10 Å². The van der Waals surface area contributed by atoms with Crippen LogP contribution in [0.5, 0.6) is 5.75 Å². The van der Waals surface area contributed by atoms with Crippen molar-refractivity contribution in [3.8, 4) is 5.75 Å². The summed E-state index contributed by atoms with van der Waals surface area (Å²) >= 11 is 6.05. The molecule has 0 heterocycles. The summed E-state index contributed by atoms with van der Waals surface area (Å²) in [7, 11) is 0. The van der Waals surface area contributed by atoms with E-state index in [9.17, 15) is 4.79 Å². The Morgan fingerprint density at radius 3 is 2.33 bits per heavy atom. The molecule has 2 aromatic rings. The lowest BCUT2D eigenvalue weighted by molar-refractivity contribution is -0.122. The topological polar surface area (TPSA) is 41.6 Å². The molecule has 0 aliphatic carbocycles. The molecule has 0 bridgehead atoms. The molecule has 0 spiro atoms. The van der Waals surface area contributed by atoms with Crippen molar-refractivity contribution < 1.29 is 9.53 Å². The molecule has 24 heavy (non-hydrogen) atoms. The number of rotatable bonds is 7. The van der Waals surface area contributed by atoms with Crippen LogP contribution in [0.2, 0.25) is 5.02 Å². The zero-order valence-corrected chi connectivity index (χ0v) is 15.0. The molecule has 4 nitrogen and oxygen atoms in total. The predicted molar refractivity (Wildman–Crippen MR) is 100 cm³/mol. The first-order valence-corrected chi connectivity index (χ1v) is 8.50. The van der Waals surface area contributed by atoms with E-state index in [-0.39, 0.29) is 5.91 Å². The van der Waals surface area contributed by atoms with E-state index in [0.29, 0.717) is 10.8 Å². The molecule has 0 saturated heterocycles. The second kappa shape index (κ2) is 8.60. The summed E-state index contributed by atoms with van der Waals surface area (Å²) in [5.74, 6) is 0.282.